The van der Waals surface area contributed by atoms with Gasteiger partial charge in [-0.25, -0.2) is 15.0 Å². The molecule has 0 amide bonds. The summed E-state index contributed by atoms with van der Waals surface area (Å²) in [6.07, 6.45) is 5.40. The number of nitrogens with one attached hydrogen (secondary N) is 1. The summed E-state index contributed by atoms with van der Waals surface area (Å²) < 4.78 is 1.83. The molecule has 0 fully saturated rings. The molecule has 0 saturated heterocycles. The summed E-state index contributed by atoms with van der Waals surface area (Å²) in [5.74, 6) is 0.891. The minimum Gasteiger partial charge on any atom is -0.382 e. The van der Waals surface area contributed by atoms with Crippen molar-refractivity contribution in [1.82, 2.24) is 40.1 Å². The van der Waals surface area contributed by atoms with Crippen molar-refractivity contribution in [2.24, 2.45) is 0 Å². The zero-order valence-electron chi connectivity index (χ0n) is 9.93. The van der Waals surface area contributed by atoms with E-state index in [1.54, 1.807) is 12.4 Å². The SMILES string of the molecule is C=CCC(c1nn[nH]n1)n1cnc2ncnc(N)c21. The highest BCUT2D eigenvalue weighted by molar-refractivity contribution is 5.81. The lowest BCUT2D eigenvalue weighted by atomic mass is 10.2. The molecular formula is C10H11N9. The Kier molecular flexibility index (Phi) is 2.63. The summed E-state index contributed by atoms with van der Waals surface area (Å²) in [6, 6.07) is -0.199. The van der Waals surface area contributed by atoms with Crippen molar-refractivity contribution < 1.29 is 0 Å². The molecule has 1 atom stereocenters. The average molecular weight is 257 g/mol. The van der Waals surface area contributed by atoms with Crippen LogP contribution in [0.4, 0.5) is 5.82 Å². The third-order valence-electron chi connectivity index (χ3n) is 2.78. The molecule has 0 radical (unpaired) electrons. The topological polar surface area (TPSA) is 124 Å². The Bertz CT molecular complexity index is 699. The van der Waals surface area contributed by atoms with Crippen molar-refractivity contribution in [2.45, 2.75) is 12.5 Å². The zero-order chi connectivity index (χ0) is 13.2. The second-order valence-electron chi connectivity index (χ2n) is 3.89. The fraction of sp³-hybridized carbons (Fsp3) is 0.200. The number of nitrogen functional groups attached to an aromatic ring is 1. The minimum atomic E-state index is -0.199. The molecule has 0 aliphatic heterocycles. The van der Waals surface area contributed by atoms with Crippen LogP contribution >= 0.6 is 0 Å². The molecule has 9 nitrogen and oxygen atoms in total. The van der Waals surface area contributed by atoms with E-state index in [-0.39, 0.29) is 6.04 Å². The van der Waals surface area contributed by atoms with Crippen LogP contribution in [-0.4, -0.2) is 40.1 Å². The third kappa shape index (κ3) is 1.80. The molecule has 0 saturated carbocycles. The van der Waals surface area contributed by atoms with Crippen molar-refractivity contribution in [3.8, 4) is 0 Å². The zero-order valence-corrected chi connectivity index (χ0v) is 9.93. The molecule has 3 aromatic rings. The number of nitrogens with two attached hydrogens (primary N) is 1. The minimum absolute atomic E-state index is 0.199. The van der Waals surface area contributed by atoms with Gasteiger partial charge in [0.05, 0.1) is 6.33 Å². The number of hydrogen-bond acceptors (Lipinski definition) is 7. The van der Waals surface area contributed by atoms with Crippen molar-refractivity contribution in [3.63, 3.8) is 0 Å². The molecule has 3 heterocycles. The number of imidazole rings is 1. The maximum atomic E-state index is 5.89. The molecule has 0 aliphatic carbocycles. The van der Waals surface area contributed by atoms with Crippen LogP contribution in [0.15, 0.2) is 25.3 Å². The third-order valence-corrected chi connectivity index (χ3v) is 2.78. The maximum Gasteiger partial charge on any atom is 0.197 e. The van der Waals surface area contributed by atoms with E-state index in [1.165, 1.54) is 6.33 Å². The van der Waals surface area contributed by atoms with Gasteiger partial charge in [-0.15, -0.1) is 16.8 Å². The molecule has 3 N–H and O–H groups in total. The normalized spacial score (nSPS) is 12.6. The van der Waals surface area contributed by atoms with E-state index in [2.05, 4.69) is 42.2 Å². The van der Waals surface area contributed by atoms with Crippen LogP contribution in [0, 0.1) is 0 Å². The lowest BCUT2D eigenvalue weighted by molar-refractivity contribution is 0.572. The Balaban J connectivity index is 2.18. The molecule has 0 spiro atoms. The number of tetrazole rings is 1. The smallest absolute Gasteiger partial charge is 0.197 e. The lowest BCUT2D eigenvalue weighted by Crippen LogP contribution is -2.12. The largest absolute Gasteiger partial charge is 0.382 e. The Hall–Kier alpha value is -2.84. The number of allylic oxidation sites excluding steroid dienone is 1. The van der Waals surface area contributed by atoms with Crippen LogP contribution < -0.4 is 5.73 Å². The molecule has 3 aromatic heterocycles. The number of aromatic nitrogens is 8. The summed E-state index contributed by atoms with van der Waals surface area (Å²) >= 11 is 0. The van der Waals surface area contributed by atoms with Gasteiger partial charge in [-0.3, -0.25) is 0 Å². The number of anilines is 1. The predicted molar refractivity (Wildman–Crippen MR) is 66.9 cm³/mol. The summed E-state index contributed by atoms with van der Waals surface area (Å²) in [5, 5.41) is 14.0. The Labute approximate surface area is 107 Å². The molecule has 96 valence electrons. The first-order chi connectivity index (χ1) is 9.31. The number of rotatable bonds is 4. The number of fused-ring (bicyclic) bond motifs is 1. The summed E-state index contributed by atoms with van der Waals surface area (Å²) in [6.45, 7) is 3.74. The molecule has 1 unspecified atom stereocenters. The first-order valence-electron chi connectivity index (χ1n) is 5.58. The molecule has 0 aromatic carbocycles. The Morgan fingerprint density at radius 3 is 3.05 bits per heavy atom. The Morgan fingerprint density at radius 1 is 1.42 bits per heavy atom. The van der Waals surface area contributed by atoms with Crippen LogP contribution in [0.5, 0.6) is 0 Å². The van der Waals surface area contributed by atoms with E-state index in [4.69, 9.17) is 5.73 Å². The van der Waals surface area contributed by atoms with Gasteiger partial charge in [0.2, 0.25) is 0 Å². The fourth-order valence-corrected chi connectivity index (χ4v) is 1.95. The van der Waals surface area contributed by atoms with Gasteiger partial charge < -0.3 is 10.3 Å². The number of nitrogens with zero attached hydrogens (tertiary/aromatic N) is 7. The molecular weight excluding hydrogens is 246 g/mol. The van der Waals surface area contributed by atoms with E-state index < -0.39 is 0 Å². The van der Waals surface area contributed by atoms with Gasteiger partial charge in [0.25, 0.3) is 0 Å². The van der Waals surface area contributed by atoms with E-state index >= 15 is 0 Å². The van der Waals surface area contributed by atoms with Gasteiger partial charge in [0.1, 0.15) is 17.9 Å². The van der Waals surface area contributed by atoms with Gasteiger partial charge in [-0.2, -0.15) is 5.21 Å². The van der Waals surface area contributed by atoms with Crippen LogP contribution in [0.25, 0.3) is 11.2 Å². The molecule has 0 bridgehead atoms. The highest BCUT2D eigenvalue weighted by Crippen LogP contribution is 2.25. The summed E-state index contributed by atoms with van der Waals surface area (Å²) in [4.78, 5) is 12.3. The van der Waals surface area contributed by atoms with E-state index in [0.717, 1.165) is 0 Å². The van der Waals surface area contributed by atoms with E-state index in [0.29, 0.717) is 29.2 Å². The van der Waals surface area contributed by atoms with Gasteiger partial charge in [-0.1, -0.05) is 11.3 Å². The standard InChI is InChI=1S/C10H11N9/c1-2-3-6(9-15-17-18-16-9)19-5-14-10-7(19)8(11)12-4-13-10/h2,4-6H,1,3H2,(H2,11,12,13)(H,15,16,17,18). The number of hydrogen-bond donors (Lipinski definition) is 2. The average Bonchev–Trinajstić information content (AvgIpc) is 3.06. The second kappa shape index (κ2) is 4.44. The molecule has 9 heteroatoms. The monoisotopic (exact) mass is 257 g/mol. The van der Waals surface area contributed by atoms with Crippen molar-refractivity contribution >= 4 is 17.0 Å². The maximum absolute atomic E-state index is 5.89. The first kappa shape index (κ1) is 11.3. The predicted octanol–water partition coefficient (Wildman–Crippen LogP) is 0.0871. The summed E-state index contributed by atoms with van der Waals surface area (Å²) in [5.41, 5.74) is 7.07. The van der Waals surface area contributed by atoms with Crippen LogP contribution in [-0.2, 0) is 0 Å². The number of H-pyrrole nitrogens is 1. The fourth-order valence-electron chi connectivity index (χ4n) is 1.95. The lowest BCUT2D eigenvalue weighted by Gasteiger charge is -2.14. The van der Waals surface area contributed by atoms with Gasteiger partial charge in [0.15, 0.2) is 17.3 Å². The molecule has 3 rings (SSSR count). The van der Waals surface area contributed by atoms with Crippen LogP contribution in [0.1, 0.15) is 18.3 Å². The van der Waals surface area contributed by atoms with E-state index in [9.17, 15) is 0 Å². The highest BCUT2D eigenvalue weighted by atomic mass is 15.5. The number of aromatic amines is 1. The molecule has 19 heavy (non-hydrogen) atoms. The van der Waals surface area contributed by atoms with E-state index in [1.807, 2.05) is 4.57 Å². The van der Waals surface area contributed by atoms with Gasteiger partial charge >= 0.3 is 0 Å². The second-order valence-corrected chi connectivity index (χ2v) is 3.89. The summed E-state index contributed by atoms with van der Waals surface area (Å²) in [7, 11) is 0. The van der Waals surface area contributed by atoms with Gasteiger partial charge in [0, 0.05) is 0 Å². The highest BCUT2D eigenvalue weighted by Gasteiger charge is 2.21. The van der Waals surface area contributed by atoms with Gasteiger partial charge in [-0.05, 0) is 6.42 Å². The molecule has 0 aliphatic rings. The van der Waals surface area contributed by atoms with Crippen LogP contribution in [0.2, 0.25) is 0 Å². The van der Waals surface area contributed by atoms with Crippen molar-refractivity contribution in [2.75, 3.05) is 5.73 Å². The quantitative estimate of drug-likeness (QED) is 0.634. The Morgan fingerprint density at radius 2 is 2.32 bits per heavy atom. The first-order valence-corrected chi connectivity index (χ1v) is 5.58. The van der Waals surface area contributed by atoms with Crippen molar-refractivity contribution in [1.29, 1.82) is 0 Å². The van der Waals surface area contributed by atoms with Crippen molar-refractivity contribution in [3.05, 3.63) is 31.1 Å². The van der Waals surface area contributed by atoms with Crippen LogP contribution in [0.3, 0.4) is 0 Å².